The largest absolute Gasteiger partial charge is 0.496 e. The van der Waals surface area contributed by atoms with Crippen LogP contribution in [0.25, 0.3) is 16.7 Å². The minimum Gasteiger partial charge on any atom is -0.496 e. The van der Waals surface area contributed by atoms with Gasteiger partial charge in [0.05, 0.1) is 23.2 Å². The SMILES string of the molecule is CCCC(=O)c1ccc(-n2cnc3c(NCC4CCOCC4)cc(Oc4ccc(OC)c(SC)c4)cc32)cc1C. The monoisotopic (exact) mass is 559 g/mol. The highest BCUT2D eigenvalue weighted by atomic mass is 32.2. The molecule has 1 aliphatic heterocycles. The van der Waals surface area contributed by atoms with Crippen molar-refractivity contribution in [2.45, 2.75) is 44.4 Å². The van der Waals surface area contributed by atoms with Gasteiger partial charge in [-0.15, -0.1) is 11.8 Å². The number of rotatable bonds is 11. The zero-order chi connectivity index (χ0) is 28.1. The summed E-state index contributed by atoms with van der Waals surface area (Å²) >= 11 is 1.62. The number of carbonyl (C=O) groups is 1. The number of nitrogens with zero attached hydrogens (tertiary/aromatic N) is 2. The molecule has 1 aliphatic rings. The first-order chi connectivity index (χ1) is 19.5. The van der Waals surface area contributed by atoms with Crippen LogP contribution in [0.2, 0.25) is 0 Å². The van der Waals surface area contributed by atoms with E-state index in [9.17, 15) is 4.79 Å². The Morgan fingerprint density at radius 3 is 2.67 bits per heavy atom. The molecule has 40 heavy (non-hydrogen) atoms. The lowest BCUT2D eigenvalue weighted by atomic mass is 10.0. The first kappa shape index (κ1) is 28.1. The lowest BCUT2D eigenvalue weighted by molar-refractivity contribution is 0.0699. The van der Waals surface area contributed by atoms with Crippen molar-refractivity contribution in [3.8, 4) is 22.9 Å². The summed E-state index contributed by atoms with van der Waals surface area (Å²) in [5.74, 6) is 3.01. The van der Waals surface area contributed by atoms with Crippen LogP contribution in [-0.2, 0) is 4.74 Å². The minimum atomic E-state index is 0.182. The van der Waals surface area contributed by atoms with E-state index in [1.807, 2.05) is 68.9 Å². The second-order valence-electron chi connectivity index (χ2n) is 10.2. The van der Waals surface area contributed by atoms with E-state index in [-0.39, 0.29) is 5.78 Å². The number of nitrogens with one attached hydrogen (secondary N) is 1. The number of Topliss-reactive ketones (excluding diaryl/α,β-unsaturated/α-hetero) is 1. The number of anilines is 1. The smallest absolute Gasteiger partial charge is 0.163 e. The summed E-state index contributed by atoms with van der Waals surface area (Å²) in [4.78, 5) is 18.4. The number of benzene rings is 3. The Morgan fingerprint density at radius 2 is 1.95 bits per heavy atom. The molecule has 0 unspecified atom stereocenters. The first-order valence-corrected chi connectivity index (χ1v) is 15.1. The van der Waals surface area contributed by atoms with Crippen LogP contribution in [0.1, 0.15) is 48.5 Å². The van der Waals surface area contributed by atoms with Gasteiger partial charge in [0.1, 0.15) is 29.1 Å². The number of thioether (sulfide) groups is 1. The highest BCUT2D eigenvalue weighted by Gasteiger charge is 2.18. The van der Waals surface area contributed by atoms with Crippen molar-refractivity contribution >= 4 is 34.3 Å². The Labute approximate surface area is 240 Å². The maximum atomic E-state index is 12.6. The molecule has 7 nitrogen and oxygen atoms in total. The number of hydrogen-bond acceptors (Lipinski definition) is 7. The molecule has 0 aliphatic carbocycles. The number of carbonyl (C=O) groups excluding carboxylic acids is 1. The third-order valence-electron chi connectivity index (χ3n) is 7.40. The number of aryl methyl sites for hydroxylation is 1. The molecule has 0 atom stereocenters. The fourth-order valence-electron chi connectivity index (χ4n) is 5.18. The number of fused-ring (bicyclic) bond motifs is 1. The number of ketones is 1. The van der Waals surface area contributed by atoms with E-state index in [0.29, 0.717) is 18.1 Å². The number of aromatic nitrogens is 2. The van der Waals surface area contributed by atoms with E-state index in [1.54, 1.807) is 18.9 Å². The van der Waals surface area contributed by atoms with Crippen LogP contribution in [0.5, 0.6) is 17.2 Å². The van der Waals surface area contributed by atoms with Gasteiger partial charge in [0.15, 0.2) is 5.78 Å². The summed E-state index contributed by atoms with van der Waals surface area (Å²) < 4.78 is 19.5. The average molecular weight is 560 g/mol. The summed E-state index contributed by atoms with van der Waals surface area (Å²) in [7, 11) is 1.68. The summed E-state index contributed by atoms with van der Waals surface area (Å²) in [6, 6.07) is 15.9. The molecule has 5 rings (SSSR count). The van der Waals surface area contributed by atoms with Gasteiger partial charge < -0.3 is 19.5 Å². The standard InChI is InChI=1S/C32H37N3O4S/c1-5-6-29(36)26-9-7-23(15-21(26)2)35-20-34-32-27(33-19-22-11-13-38-14-12-22)16-25(17-28(32)35)39-24-8-10-30(37-3)31(18-24)40-4/h7-10,15-18,20,22,33H,5-6,11-14,19H2,1-4H3. The van der Waals surface area contributed by atoms with Crippen molar-refractivity contribution in [3.05, 3.63) is 66.0 Å². The van der Waals surface area contributed by atoms with Gasteiger partial charge in [0.2, 0.25) is 0 Å². The van der Waals surface area contributed by atoms with Gasteiger partial charge in [0.25, 0.3) is 0 Å². The van der Waals surface area contributed by atoms with Gasteiger partial charge in [0, 0.05) is 49.6 Å². The summed E-state index contributed by atoms with van der Waals surface area (Å²) in [5.41, 5.74) is 5.44. The molecule has 8 heteroatoms. The minimum absolute atomic E-state index is 0.182. The fourth-order valence-corrected chi connectivity index (χ4v) is 5.77. The van der Waals surface area contributed by atoms with E-state index in [4.69, 9.17) is 19.2 Å². The van der Waals surface area contributed by atoms with Gasteiger partial charge in [-0.25, -0.2) is 4.98 Å². The van der Waals surface area contributed by atoms with Gasteiger partial charge >= 0.3 is 0 Å². The molecule has 1 N–H and O–H groups in total. The highest BCUT2D eigenvalue weighted by molar-refractivity contribution is 7.98. The Hall–Kier alpha value is -3.49. The zero-order valence-corrected chi connectivity index (χ0v) is 24.5. The van der Waals surface area contributed by atoms with Crippen LogP contribution in [0.3, 0.4) is 0 Å². The van der Waals surface area contributed by atoms with Gasteiger partial charge in [-0.2, -0.15) is 0 Å². The zero-order valence-electron chi connectivity index (χ0n) is 23.7. The molecule has 1 saturated heterocycles. The maximum absolute atomic E-state index is 12.6. The third kappa shape index (κ3) is 6.13. The van der Waals surface area contributed by atoms with Crippen LogP contribution in [0, 0.1) is 12.8 Å². The molecule has 0 radical (unpaired) electrons. The van der Waals surface area contributed by atoms with E-state index in [1.165, 1.54) is 0 Å². The Morgan fingerprint density at radius 1 is 1.12 bits per heavy atom. The second-order valence-corrected chi connectivity index (χ2v) is 11.0. The van der Waals surface area contributed by atoms with E-state index >= 15 is 0 Å². The van der Waals surface area contributed by atoms with Crippen LogP contribution < -0.4 is 14.8 Å². The highest BCUT2D eigenvalue weighted by Crippen LogP contribution is 2.36. The molecule has 0 bridgehead atoms. The first-order valence-electron chi connectivity index (χ1n) is 13.9. The average Bonchev–Trinajstić information content (AvgIpc) is 3.40. The van der Waals surface area contributed by atoms with Crippen LogP contribution in [-0.4, -0.2) is 48.5 Å². The molecular formula is C32H37N3O4S. The molecule has 2 heterocycles. The Kier molecular flexibility index (Phi) is 8.97. The number of imidazole rings is 1. The normalized spacial score (nSPS) is 13.9. The lowest BCUT2D eigenvalue weighted by Gasteiger charge is -2.23. The summed E-state index contributed by atoms with van der Waals surface area (Å²) in [6.45, 7) is 6.49. The predicted octanol–water partition coefficient (Wildman–Crippen LogP) is 7.68. The molecule has 0 saturated carbocycles. The summed E-state index contributed by atoms with van der Waals surface area (Å²) in [5, 5.41) is 3.66. The van der Waals surface area contributed by atoms with Crippen molar-refractivity contribution in [1.29, 1.82) is 0 Å². The van der Waals surface area contributed by atoms with E-state index < -0.39 is 0 Å². The third-order valence-corrected chi connectivity index (χ3v) is 8.16. The molecule has 210 valence electrons. The van der Waals surface area contributed by atoms with E-state index in [2.05, 4.69) is 16.0 Å². The number of hydrogen-bond donors (Lipinski definition) is 1. The van der Waals surface area contributed by atoms with Gasteiger partial charge in [-0.1, -0.05) is 6.92 Å². The molecule has 1 aromatic heterocycles. The molecule has 4 aromatic rings. The molecule has 3 aromatic carbocycles. The Bertz CT molecular complexity index is 1490. The number of methoxy groups -OCH3 is 1. The predicted molar refractivity (Wildman–Crippen MR) is 162 cm³/mol. The van der Waals surface area contributed by atoms with Crippen molar-refractivity contribution < 1.29 is 19.0 Å². The maximum Gasteiger partial charge on any atom is 0.163 e. The van der Waals surface area contributed by atoms with Crippen molar-refractivity contribution in [3.63, 3.8) is 0 Å². The molecule has 0 amide bonds. The fraction of sp³-hybridized carbons (Fsp3) is 0.375. The summed E-state index contributed by atoms with van der Waals surface area (Å²) in [6.07, 6.45) is 7.36. The molecule has 0 spiro atoms. The Balaban J connectivity index is 1.52. The van der Waals surface area contributed by atoms with Crippen LogP contribution >= 0.6 is 11.8 Å². The van der Waals surface area contributed by atoms with Crippen molar-refractivity contribution in [2.24, 2.45) is 5.92 Å². The quantitative estimate of drug-likeness (QED) is 0.149. The van der Waals surface area contributed by atoms with Crippen molar-refractivity contribution in [2.75, 3.05) is 38.4 Å². The van der Waals surface area contributed by atoms with Crippen LogP contribution in [0.4, 0.5) is 5.69 Å². The van der Waals surface area contributed by atoms with Gasteiger partial charge in [-0.3, -0.25) is 9.36 Å². The van der Waals surface area contributed by atoms with Crippen LogP contribution in [0.15, 0.2) is 59.8 Å². The van der Waals surface area contributed by atoms with Crippen molar-refractivity contribution in [1.82, 2.24) is 9.55 Å². The van der Waals surface area contributed by atoms with Gasteiger partial charge in [-0.05, 0) is 80.3 Å². The number of ether oxygens (including phenoxy) is 3. The molecular weight excluding hydrogens is 522 g/mol. The second kappa shape index (κ2) is 12.8. The van der Waals surface area contributed by atoms with E-state index in [0.717, 1.165) is 89.0 Å². The topological polar surface area (TPSA) is 74.6 Å². The lowest BCUT2D eigenvalue weighted by Crippen LogP contribution is -2.22. The molecule has 1 fully saturated rings.